The van der Waals surface area contributed by atoms with E-state index in [1.807, 2.05) is 16.9 Å². The predicted octanol–water partition coefficient (Wildman–Crippen LogP) is 3.40. The molecule has 8 nitrogen and oxygen atoms in total. The van der Waals surface area contributed by atoms with Crippen molar-refractivity contribution in [1.82, 2.24) is 4.72 Å². The number of ether oxygens (including phenoxy) is 2. The second kappa shape index (κ2) is 9.41. The van der Waals surface area contributed by atoms with Gasteiger partial charge in [0, 0.05) is 12.3 Å². The van der Waals surface area contributed by atoms with E-state index in [-0.39, 0.29) is 15.6 Å². The fourth-order valence-electron chi connectivity index (χ4n) is 3.33. The summed E-state index contributed by atoms with van der Waals surface area (Å²) in [5.41, 5.74) is 2.17. The highest BCUT2D eigenvalue weighted by Crippen LogP contribution is 2.29. The van der Waals surface area contributed by atoms with Crippen molar-refractivity contribution in [1.29, 1.82) is 0 Å². The normalized spacial score (nSPS) is 15.0. The maximum atomic E-state index is 11.9. The molecule has 0 aromatic heterocycles. The molecule has 0 aliphatic carbocycles. The van der Waals surface area contributed by atoms with Gasteiger partial charge >= 0.3 is 0 Å². The molecule has 176 valence electrons. The van der Waals surface area contributed by atoms with Crippen LogP contribution >= 0.6 is 0 Å². The van der Waals surface area contributed by atoms with Crippen LogP contribution in [0.3, 0.4) is 0 Å². The van der Waals surface area contributed by atoms with Gasteiger partial charge in [0.25, 0.3) is 15.9 Å². The fourth-order valence-corrected chi connectivity index (χ4v) is 5.27. The summed E-state index contributed by atoms with van der Waals surface area (Å²) in [6.07, 6.45) is 2.20. The Kier molecular flexibility index (Phi) is 6.56. The van der Waals surface area contributed by atoms with Gasteiger partial charge in [-0.15, -0.1) is 0 Å². The topological polar surface area (TPSA) is 116 Å². The molecule has 3 aromatic carbocycles. The summed E-state index contributed by atoms with van der Waals surface area (Å²) in [5.74, 6) is 0.108. The Hall–Kier alpha value is -3.47. The van der Waals surface area contributed by atoms with Gasteiger partial charge in [-0.1, -0.05) is 48.5 Å². The number of carbonyl (C=O) groups is 1. The molecule has 4 rings (SSSR count). The van der Waals surface area contributed by atoms with Crippen molar-refractivity contribution in [2.45, 2.75) is 18.1 Å². The van der Waals surface area contributed by atoms with E-state index in [0.717, 1.165) is 23.5 Å². The Bertz CT molecular complexity index is 1460. The molecule has 1 heterocycles. The highest BCUT2D eigenvalue weighted by molar-refractivity contribution is 8.00. The summed E-state index contributed by atoms with van der Waals surface area (Å²) in [6.45, 7) is 0.642. The number of para-hydroxylation sites is 1. The van der Waals surface area contributed by atoms with Gasteiger partial charge in [-0.2, -0.15) is 0 Å². The van der Waals surface area contributed by atoms with Gasteiger partial charge in [0.15, 0.2) is 9.84 Å². The van der Waals surface area contributed by atoms with Crippen LogP contribution in [0.1, 0.15) is 16.7 Å². The van der Waals surface area contributed by atoms with Gasteiger partial charge in [0.1, 0.15) is 21.3 Å². The standard InChI is InChI=1S/C24H21NO7S2/c1-33(27,28)22-5-3-2-4-21(22)32-20-12-8-18(9-13-20)16-31-15-17-6-10-19(11-7-17)23-14-24(26)25-34(23,29)30/h2-14H,15-16H2,1H3,(H,25,26). The Balaban J connectivity index is 1.33. The van der Waals surface area contributed by atoms with Crippen LogP contribution in [-0.4, -0.2) is 29.0 Å². The summed E-state index contributed by atoms with van der Waals surface area (Å²) in [6, 6.07) is 20.3. The molecule has 3 aromatic rings. The molecule has 0 bridgehead atoms. The van der Waals surface area contributed by atoms with E-state index in [0.29, 0.717) is 24.5 Å². The number of nitrogens with one attached hydrogen (secondary N) is 1. The molecule has 0 saturated carbocycles. The van der Waals surface area contributed by atoms with E-state index in [9.17, 15) is 21.6 Å². The molecule has 0 radical (unpaired) electrons. The number of hydrogen-bond acceptors (Lipinski definition) is 7. The lowest BCUT2D eigenvalue weighted by atomic mass is 10.1. The van der Waals surface area contributed by atoms with E-state index < -0.39 is 25.8 Å². The zero-order valence-corrected chi connectivity index (χ0v) is 19.7. The second-order valence-electron chi connectivity index (χ2n) is 7.63. The molecule has 1 N–H and O–H groups in total. The Labute approximate surface area is 197 Å². The first-order valence-corrected chi connectivity index (χ1v) is 13.5. The van der Waals surface area contributed by atoms with E-state index in [1.54, 1.807) is 54.6 Å². The summed E-state index contributed by atoms with van der Waals surface area (Å²) in [5, 5.41) is 0. The number of amides is 1. The van der Waals surface area contributed by atoms with Crippen LogP contribution in [0.4, 0.5) is 0 Å². The number of sulfone groups is 1. The first-order valence-electron chi connectivity index (χ1n) is 10.1. The van der Waals surface area contributed by atoms with Gasteiger partial charge in [0.2, 0.25) is 0 Å². The van der Waals surface area contributed by atoms with Crippen LogP contribution in [0.25, 0.3) is 4.91 Å². The molecule has 0 unspecified atom stereocenters. The first kappa shape index (κ1) is 23.7. The van der Waals surface area contributed by atoms with E-state index in [4.69, 9.17) is 9.47 Å². The third-order valence-electron chi connectivity index (χ3n) is 4.96. The third-order valence-corrected chi connectivity index (χ3v) is 7.50. The molecule has 10 heteroatoms. The highest BCUT2D eigenvalue weighted by atomic mass is 32.2. The lowest BCUT2D eigenvalue weighted by molar-refractivity contribution is -0.114. The van der Waals surface area contributed by atoms with Crippen molar-refractivity contribution >= 4 is 30.7 Å². The lowest BCUT2D eigenvalue weighted by Gasteiger charge is -2.11. The van der Waals surface area contributed by atoms with Crippen LogP contribution in [0.15, 0.2) is 83.8 Å². The minimum absolute atomic E-state index is 0.0496. The molecular weight excluding hydrogens is 478 g/mol. The lowest BCUT2D eigenvalue weighted by Crippen LogP contribution is -2.22. The number of rotatable bonds is 8. The summed E-state index contributed by atoms with van der Waals surface area (Å²) in [7, 11) is -7.21. The van der Waals surface area contributed by atoms with E-state index >= 15 is 0 Å². The van der Waals surface area contributed by atoms with Gasteiger partial charge in [-0.25, -0.2) is 21.6 Å². The van der Waals surface area contributed by atoms with Crippen LogP contribution in [0, 0.1) is 0 Å². The van der Waals surface area contributed by atoms with Crippen molar-refractivity contribution < 1.29 is 31.1 Å². The zero-order valence-electron chi connectivity index (χ0n) is 18.1. The fraction of sp³-hybridized carbons (Fsp3) is 0.125. The molecule has 0 saturated heterocycles. The zero-order chi connectivity index (χ0) is 24.3. The number of benzene rings is 3. The molecule has 34 heavy (non-hydrogen) atoms. The number of carbonyl (C=O) groups excluding carboxylic acids is 1. The molecule has 1 aliphatic rings. The Morgan fingerprint density at radius 1 is 0.853 bits per heavy atom. The van der Waals surface area contributed by atoms with Crippen molar-refractivity contribution in [3.05, 3.63) is 95.6 Å². The molecule has 1 amide bonds. The SMILES string of the molecule is CS(=O)(=O)c1ccccc1Oc1ccc(COCc2ccc(C3=CC(=O)NS3(=O)=O)cc2)cc1. The van der Waals surface area contributed by atoms with Gasteiger partial charge in [0.05, 0.1) is 13.2 Å². The van der Waals surface area contributed by atoms with Crippen molar-refractivity contribution in [2.75, 3.05) is 6.26 Å². The quantitative estimate of drug-likeness (QED) is 0.505. The van der Waals surface area contributed by atoms with Crippen LogP contribution in [-0.2, 0) is 42.6 Å². The van der Waals surface area contributed by atoms with Gasteiger partial charge in [-0.05, 0) is 41.0 Å². The molecule has 0 atom stereocenters. The maximum absolute atomic E-state index is 11.9. The third kappa shape index (κ3) is 5.53. The molecule has 0 spiro atoms. The van der Waals surface area contributed by atoms with Crippen LogP contribution < -0.4 is 9.46 Å². The maximum Gasteiger partial charge on any atom is 0.265 e. The molecule has 1 aliphatic heterocycles. The Morgan fingerprint density at radius 2 is 1.44 bits per heavy atom. The minimum Gasteiger partial charge on any atom is -0.456 e. The second-order valence-corrected chi connectivity index (χ2v) is 11.3. The monoisotopic (exact) mass is 499 g/mol. The van der Waals surface area contributed by atoms with Crippen molar-refractivity contribution in [3.8, 4) is 11.5 Å². The summed E-state index contributed by atoms with van der Waals surface area (Å²) < 4.78 is 61.1. The Morgan fingerprint density at radius 3 is 2.00 bits per heavy atom. The first-order chi connectivity index (χ1) is 16.1. The summed E-state index contributed by atoms with van der Waals surface area (Å²) in [4.78, 5) is 11.4. The number of sulfonamides is 1. The number of hydrogen-bond donors (Lipinski definition) is 1. The van der Waals surface area contributed by atoms with Crippen molar-refractivity contribution in [2.24, 2.45) is 0 Å². The van der Waals surface area contributed by atoms with Crippen LogP contribution in [0.2, 0.25) is 0 Å². The molecular formula is C24H21NO7S2. The summed E-state index contributed by atoms with van der Waals surface area (Å²) >= 11 is 0. The van der Waals surface area contributed by atoms with E-state index in [2.05, 4.69) is 0 Å². The predicted molar refractivity (Wildman–Crippen MR) is 126 cm³/mol. The van der Waals surface area contributed by atoms with Crippen molar-refractivity contribution in [3.63, 3.8) is 0 Å². The van der Waals surface area contributed by atoms with Gasteiger partial charge in [-0.3, -0.25) is 4.79 Å². The smallest absolute Gasteiger partial charge is 0.265 e. The largest absolute Gasteiger partial charge is 0.456 e. The van der Waals surface area contributed by atoms with E-state index in [1.165, 1.54) is 6.07 Å². The van der Waals surface area contributed by atoms with Crippen LogP contribution in [0.5, 0.6) is 11.5 Å². The molecule has 0 fully saturated rings. The average Bonchev–Trinajstić information content (AvgIpc) is 3.07. The minimum atomic E-state index is -3.80. The van der Waals surface area contributed by atoms with Gasteiger partial charge < -0.3 is 9.47 Å². The average molecular weight is 500 g/mol. The highest BCUT2D eigenvalue weighted by Gasteiger charge is 2.28.